The van der Waals surface area contributed by atoms with Gasteiger partial charge in [0.05, 0.1) is 0 Å². The van der Waals surface area contributed by atoms with Crippen LogP contribution in [0.2, 0.25) is 0 Å². The molecule has 2 aromatic carbocycles. The van der Waals surface area contributed by atoms with E-state index in [0.29, 0.717) is 11.5 Å². The van der Waals surface area contributed by atoms with Gasteiger partial charge in [-0.05, 0) is 63.5 Å². The molecule has 0 atom stereocenters. The number of hydrogen-bond acceptors (Lipinski definition) is 2. The van der Waals surface area contributed by atoms with Crippen molar-refractivity contribution in [2.45, 2.75) is 111 Å². The zero-order chi connectivity index (χ0) is 24.2. The Bertz CT molecular complexity index is 923. The Morgan fingerprint density at radius 3 is 1.03 bits per heavy atom. The van der Waals surface area contributed by atoms with E-state index in [1.165, 1.54) is 0 Å². The average Bonchev–Trinajstić information content (AvgIpc) is 2.59. The molecule has 0 saturated carbocycles. The van der Waals surface area contributed by atoms with Crippen LogP contribution in [0.15, 0.2) is 24.3 Å². The summed E-state index contributed by atoms with van der Waals surface area (Å²) in [6.07, 6.45) is 0.934. The molecule has 0 bridgehead atoms. The SMILES string of the molecule is CCC(C)(C)c1cc(-c2cc(C(C)(C)C)c(O)c(C(C)(C)C)c2)cc(C(C)(C)C)c1O. The molecule has 0 unspecified atom stereocenters. The lowest BCUT2D eigenvalue weighted by molar-refractivity contribution is 0.410. The van der Waals surface area contributed by atoms with Gasteiger partial charge in [0.25, 0.3) is 0 Å². The van der Waals surface area contributed by atoms with E-state index in [2.05, 4.69) is 107 Å². The monoisotopic (exact) mass is 424 g/mol. The smallest absolute Gasteiger partial charge is 0.123 e. The third-order valence-electron chi connectivity index (χ3n) is 6.59. The van der Waals surface area contributed by atoms with Crippen LogP contribution in [-0.2, 0) is 21.7 Å². The maximum Gasteiger partial charge on any atom is 0.123 e. The molecule has 2 rings (SSSR count). The molecule has 0 aromatic heterocycles. The second-order valence-electron chi connectivity index (χ2n) is 12.8. The summed E-state index contributed by atoms with van der Waals surface area (Å²) in [7, 11) is 0. The zero-order valence-electron chi connectivity index (χ0n) is 21.9. The minimum Gasteiger partial charge on any atom is -0.507 e. The van der Waals surface area contributed by atoms with E-state index in [1.54, 1.807) is 0 Å². The second-order valence-corrected chi connectivity index (χ2v) is 12.8. The summed E-state index contributed by atoms with van der Waals surface area (Å²) in [5.41, 5.74) is 5.34. The maximum atomic E-state index is 11.2. The van der Waals surface area contributed by atoms with Gasteiger partial charge in [0.15, 0.2) is 0 Å². The molecular weight excluding hydrogens is 380 g/mol. The molecule has 0 radical (unpaired) electrons. The van der Waals surface area contributed by atoms with E-state index in [9.17, 15) is 10.2 Å². The van der Waals surface area contributed by atoms with Gasteiger partial charge in [-0.15, -0.1) is 0 Å². The van der Waals surface area contributed by atoms with Gasteiger partial charge in [-0.25, -0.2) is 0 Å². The Labute approximate surface area is 190 Å². The van der Waals surface area contributed by atoms with Crippen molar-refractivity contribution in [3.05, 3.63) is 46.5 Å². The Balaban J connectivity index is 2.98. The fourth-order valence-corrected chi connectivity index (χ4v) is 4.02. The van der Waals surface area contributed by atoms with E-state index < -0.39 is 0 Å². The van der Waals surface area contributed by atoms with Crippen molar-refractivity contribution in [2.75, 3.05) is 0 Å². The first-order chi connectivity index (χ1) is 13.8. The number of rotatable bonds is 3. The fraction of sp³-hybridized carbons (Fsp3) is 0.586. The van der Waals surface area contributed by atoms with Gasteiger partial charge in [-0.1, -0.05) is 83.1 Å². The molecule has 0 fully saturated rings. The Kier molecular flexibility index (Phi) is 6.42. The number of hydrogen-bond donors (Lipinski definition) is 2. The van der Waals surface area contributed by atoms with E-state index in [1.807, 2.05) is 0 Å². The van der Waals surface area contributed by atoms with Crippen LogP contribution in [0.3, 0.4) is 0 Å². The van der Waals surface area contributed by atoms with Gasteiger partial charge >= 0.3 is 0 Å². The van der Waals surface area contributed by atoms with Gasteiger partial charge in [0.1, 0.15) is 11.5 Å². The summed E-state index contributed by atoms with van der Waals surface area (Å²) in [6, 6.07) is 8.55. The first-order valence-corrected chi connectivity index (χ1v) is 11.6. The largest absolute Gasteiger partial charge is 0.507 e. The summed E-state index contributed by atoms with van der Waals surface area (Å²) >= 11 is 0. The molecule has 2 nitrogen and oxygen atoms in total. The molecule has 0 aliphatic rings. The molecule has 0 spiro atoms. The lowest BCUT2D eigenvalue weighted by Gasteiger charge is -2.31. The minimum atomic E-state index is -0.185. The van der Waals surface area contributed by atoms with Gasteiger partial charge in [0, 0.05) is 22.3 Å². The summed E-state index contributed by atoms with van der Waals surface area (Å²) in [5, 5.41) is 22.4. The lowest BCUT2D eigenvalue weighted by Crippen LogP contribution is -2.20. The molecule has 2 aromatic rings. The number of phenols is 2. The van der Waals surface area contributed by atoms with Gasteiger partial charge < -0.3 is 10.2 Å². The topological polar surface area (TPSA) is 40.5 Å². The predicted octanol–water partition coefficient (Wildman–Crippen LogP) is 8.34. The average molecular weight is 425 g/mol. The van der Waals surface area contributed by atoms with Gasteiger partial charge in [0.2, 0.25) is 0 Å². The van der Waals surface area contributed by atoms with Crippen molar-refractivity contribution in [2.24, 2.45) is 0 Å². The highest BCUT2D eigenvalue weighted by atomic mass is 16.3. The van der Waals surface area contributed by atoms with Gasteiger partial charge in [-0.3, -0.25) is 0 Å². The van der Waals surface area contributed by atoms with Crippen LogP contribution in [0.4, 0.5) is 0 Å². The highest BCUT2D eigenvalue weighted by Gasteiger charge is 2.30. The normalized spacial score (nSPS) is 13.5. The van der Waals surface area contributed by atoms with Crippen molar-refractivity contribution in [3.8, 4) is 22.6 Å². The third kappa shape index (κ3) is 5.10. The van der Waals surface area contributed by atoms with E-state index in [4.69, 9.17) is 0 Å². The molecule has 0 amide bonds. The summed E-state index contributed by atoms with van der Waals surface area (Å²) < 4.78 is 0. The van der Waals surface area contributed by atoms with Crippen molar-refractivity contribution in [3.63, 3.8) is 0 Å². The van der Waals surface area contributed by atoms with Crippen LogP contribution in [0, 0.1) is 0 Å². The Hall–Kier alpha value is -1.96. The van der Waals surface area contributed by atoms with E-state index >= 15 is 0 Å². The maximum absolute atomic E-state index is 11.2. The fourth-order valence-electron chi connectivity index (χ4n) is 4.02. The molecule has 172 valence electrons. The van der Waals surface area contributed by atoms with Crippen LogP contribution >= 0.6 is 0 Å². The van der Waals surface area contributed by atoms with Crippen molar-refractivity contribution >= 4 is 0 Å². The first-order valence-electron chi connectivity index (χ1n) is 11.6. The molecule has 0 heterocycles. The van der Waals surface area contributed by atoms with Crippen molar-refractivity contribution in [1.82, 2.24) is 0 Å². The molecule has 2 N–H and O–H groups in total. The van der Waals surface area contributed by atoms with Crippen molar-refractivity contribution < 1.29 is 10.2 Å². The second kappa shape index (κ2) is 7.87. The standard InChI is InChI=1S/C29H44O2/c1-13-29(11,12)23-17-19(16-22(25(23)31)28(8,9)10)18-14-20(26(2,3)4)24(30)21(15-18)27(5,6)7/h14-17,30-31H,13H2,1-12H3. The highest BCUT2D eigenvalue weighted by molar-refractivity contribution is 5.72. The Morgan fingerprint density at radius 1 is 0.516 bits per heavy atom. The third-order valence-corrected chi connectivity index (χ3v) is 6.59. The van der Waals surface area contributed by atoms with E-state index in [-0.39, 0.29) is 21.7 Å². The molecule has 0 aliphatic heterocycles. The minimum absolute atomic E-state index is 0.142. The van der Waals surface area contributed by atoms with Crippen LogP contribution in [0.1, 0.15) is 112 Å². The molecular formula is C29H44O2. The van der Waals surface area contributed by atoms with Gasteiger partial charge in [-0.2, -0.15) is 0 Å². The highest BCUT2D eigenvalue weighted by Crippen LogP contribution is 2.46. The number of phenolic OH excluding ortho intramolecular Hbond substituents is 2. The Morgan fingerprint density at radius 2 is 0.774 bits per heavy atom. The summed E-state index contributed by atoms with van der Waals surface area (Å²) in [6.45, 7) is 25.8. The number of aromatic hydroxyl groups is 2. The number of benzene rings is 2. The van der Waals surface area contributed by atoms with Crippen LogP contribution in [0.25, 0.3) is 11.1 Å². The quantitative estimate of drug-likeness (QED) is 0.520. The summed E-state index contributed by atoms with van der Waals surface area (Å²) in [4.78, 5) is 0. The van der Waals surface area contributed by atoms with E-state index in [0.717, 1.165) is 39.8 Å². The van der Waals surface area contributed by atoms with Crippen LogP contribution in [0.5, 0.6) is 11.5 Å². The molecule has 0 aliphatic carbocycles. The van der Waals surface area contributed by atoms with Crippen LogP contribution < -0.4 is 0 Å². The molecule has 0 saturated heterocycles. The molecule has 31 heavy (non-hydrogen) atoms. The first kappa shape index (κ1) is 25.3. The zero-order valence-corrected chi connectivity index (χ0v) is 21.9. The molecule has 2 heteroatoms. The summed E-state index contributed by atoms with van der Waals surface area (Å²) in [5.74, 6) is 0.807. The van der Waals surface area contributed by atoms with Crippen molar-refractivity contribution in [1.29, 1.82) is 0 Å². The predicted molar refractivity (Wildman–Crippen MR) is 135 cm³/mol. The van der Waals surface area contributed by atoms with Crippen LogP contribution in [-0.4, -0.2) is 10.2 Å². The lowest BCUT2D eigenvalue weighted by atomic mass is 9.74.